The summed E-state index contributed by atoms with van der Waals surface area (Å²) in [6, 6.07) is 7.06. The topological polar surface area (TPSA) is 47.6 Å². The highest BCUT2D eigenvalue weighted by Gasteiger charge is 2.04. The zero-order chi connectivity index (χ0) is 11.8. The van der Waals surface area contributed by atoms with Crippen LogP contribution in [0.5, 0.6) is 5.75 Å². The van der Waals surface area contributed by atoms with Gasteiger partial charge >= 0.3 is 0 Å². The first-order chi connectivity index (χ1) is 7.77. The first kappa shape index (κ1) is 12.5. The fraction of sp³-hybridized carbons (Fsp3) is 0.417. The second-order valence-electron chi connectivity index (χ2n) is 3.21. The van der Waals surface area contributed by atoms with Crippen molar-refractivity contribution in [1.29, 1.82) is 0 Å². The van der Waals surface area contributed by atoms with E-state index in [9.17, 15) is 4.79 Å². The van der Waals surface area contributed by atoms with Crippen LogP contribution >= 0.6 is 0 Å². The van der Waals surface area contributed by atoms with Crippen molar-refractivity contribution in [3.8, 4) is 5.75 Å². The van der Waals surface area contributed by atoms with Crippen molar-refractivity contribution >= 4 is 5.91 Å². The van der Waals surface area contributed by atoms with Crippen LogP contribution in [0.1, 0.15) is 17.3 Å². The summed E-state index contributed by atoms with van der Waals surface area (Å²) in [5.41, 5.74) is 0.625. The lowest BCUT2D eigenvalue weighted by atomic mass is 10.2. The summed E-state index contributed by atoms with van der Waals surface area (Å²) in [6.45, 7) is 3.58. The van der Waals surface area contributed by atoms with E-state index in [1.807, 2.05) is 6.92 Å². The van der Waals surface area contributed by atoms with Gasteiger partial charge in [-0.3, -0.25) is 4.79 Å². The highest BCUT2D eigenvalue weighted by atomic mass is 16.5. The number of rotatable bonds is 6. The predicted molar refractivity (Wildman–Crippen MR) is 61.8 cm³/mol. The molecule has 0 fully saturated rings. The highest BCUT2D eigenvalue weighted by Crippen LogP contribution is 2.11. The molecular weight excluding hydrogens is 206 g/mol. The van der Waals surface area contributed by atoms with Crippen LogP contribution in [0.4, 0.5) is 0 Å². The van der Waals surface area contributed by atoms with E-state index in [0.717, 1.165) is 5.75 Å². The monoisotopic (exact) mass is 223 g/mol. The third-order valence-electron chi connectivity index (χ3n) is 2.02. The minimum Gasteiger partial charge on any atom is -0.494 e. The molecule has 1 N–H and O–H groups in total. The number of ether oxygens (including phenoxy) is 2. The fourth-order valence-corrected chi connectivity index (χ4v) is 1.24. The first-order valence-electron chi connectivity index (χ1n) is 5.28. The molecule has 1 rings (SSSR count). The molecule has 0 atom stereocenters. The number of amides is 1. The summed E-state index contributed by atoms with van der Waals surface area (Å²) in [6.07, 6.45) is 0. The molecule has 1 aromatic carbocycles. The van der Waals surface area contributed by atoms with E-state index in [-0.39, 0.29) is 5.91 Å². The van der Waals surface area contributed by atoms with E-state index in [1.54, 1.807) is 31.4 Å². The van der Waals surface area contributed by atoms with Crippen LogP contribution in [0.15, 0.2) is 24.3 Å². The van der Waals surface area contributed by atoms with Crippen LogP contribution in [0.2, 0.25) is 0 Å². The summed E-state index contributed by atoms with van der Waals surface area (Å²) < 4.78 is 10.1. The molecule has 0 aliphatic carbocycles. The molecule has 0 saturated heterocycles. The van der Waals surface area contributed by atoms with Crippen LogP contribution in [0.3, 0.4) is 0 Å². The lowest BCUT2D eigenvalue weighted by Crippen LogP contribution is -2.26. The molecule has 0 bridgehead atoms. The maximum atomic E-state index is 11.6. The largest absolute Gasteiger partial charge is 0.494 e. The number of carbonyl (C=O) groups is 1. The van der Waals surface area contributed by atoms with Crippen molar-refractivity contribution in [2.24, 2.45) is 0 Å². The number of benzene rings is 1. The Morgan fingerprint density at radius 2 is 2.00 bits per heavy atom. The Morgan fingerprint density at radius 1 is 1.31 bits per heavy atom. The number of carbonyl (C=O) groups excluding carboxylic acids is 1. The highest BCUT2D eigenvalue weighted by molar-refractivity contribution is 5.94. The normalized spacial score (nSPS) is 9.88. The van der Waals surface area contributed by atoms with Gasteiger partial charge in [-0.25, -0.2) is 0 Å². The quantitative estimate of drug-likeness (QED) is 0.743. The molecule has 0 aliphatic heterocycles. The molecule has 0 aliphatic rings. The van der Waals surface area contributed by atoms with Crippen LogP contribution < -0.4 is 10.1 Å². The number of hydrogen-bond acceptors (Lipinski definition) is 3. The van der Waals surface area contributed by atoms with Gasteiger partial charge in [-0.1, -0.05) is 0 Å². The Morgan fingerprint density at radius 3 is 2.56 bits per heavy atom. The van der Waals surface area contributed by atoms with Gasteiger partial charge in [0.25, 0.3) is 5.91 Å². The van der Waals surface area contributed by atoms with E-state index in [2.05, 4.69) is 5.32 Å². The fourth-order valence-electron chi connectivity index (χ4n) is 1.24. The number of methoxy groups -OCH3 is 1. The van der Waals surface area contributed by atoms with Crippen LogP contribution in [-0.2, 0) is 4.74 Å². The summed E-state index contributed by atoms with van der Waals surface area (Å²) in [5, 5.41) is 2.75. The molecule has 1 amide bonds. The zero-order valence-corrected chi connectivity index (χ0v) is 9.66. The molecule has 0 saturated carbocycles. The molecule has 0 aromatic heterocycles. The van der Waals surface area contributed by atoms with Crippen molar-refractivity contribution < 1.29 is 14.3 Å². The Labute approximate surface area is 95.6 Å². The van der Waals surface area contributed by atoms with Crippen molar-refractivity contribution in [3.63, 3.8) is 0 Å². The molecule has 0 radical (unpaired) electrons. The zero-order valence-electron chi connectivity index (χ0n) is 9.66. The summed E-state index contributed by atoms with van der Waals surface area (Å²) in [7, 11) is 1.60. The molecule has 4 heteroatoms. The van der Waals surface area contributed by atoms with E-state index < -0.39 is 0 Å². The molecular formula is C12H17NO3. The SMILES string of the molecule is CCOc1ccc(C(=O)NCCOC)cc1. The van der Waals surface area contributed by atoms with E-state index >= 15 is 0 Å². The van der Waals surface area contributed by atoms with Gasteiger partial charge in [-0.15, -0.1) is 0 Å². The predicted octanol–water partition coefficient (Wildman–Crippen LogP) is 1.46. The van der Waals surface area contributed by atoms with Gasteiger partial charge < -0.3 is 14.8 Å². The average molecular weight is 223 g/mol. The molecule has 1 aromatic rings. The minimum absolute atomic E-state index is 0.0971. The second kappa shape index (κ2) is 6.85. The number of hydrogen-bond donors (Lipinski definition) is 1. The van der Waals surface area contributed by atoms with Gasteiger partial charge in [-0.2, -0.15) is 0 Å². The van der Waals surface area contributed by atoms with Crippen molar-refractivity contribution in [2.45, 2.75) is 6.92 Å². The van der Waals surface area contributed by atoms with E-state index in [1.165, 1.54) is 0 Å². The third kappa shape index (κ3) is 3.90. The smallest absolute Gasteiger partial charge is 0.251 e. The maximum absolute atomic E-state index is 11.6. The van der Waals surface area contributed by atoms with Gasteiger partial charge in [0.15, 0.2) is 0 Å². The number of nitrogens with one attached hydrogen (secondary N) is 1. The molecule has 0 unspecified atom stereocenters. The van der Waals surface area contributed by atoms with Crippen molar-refractivity contribution in [3.05, 3.63) is 29.8 Å². The first-order valence-corrected chi connectivity index (χ1v) is 5.28. The van der Waals surface area contributed by atoms with Gasteiger partial charge in [0.05, 0.1) is 13.2 Å². The van der Waals surface area contributed by atoms with Gasteiger partial charge in [0, 0.05) is 19.2 Å². The van der Waals surface area contributed by atoms with Gasteiger partial charge in [0.1, 0.15) is 5.75 Å². The van der Waals surface area contributed by atoms with Gasteiger partial charge in [0.2, 0.25) is 0 Å². The summed E-state index contributed by atoms with van der Waals surface area (Å²) >= 11 is 0. The second-order valence-corrected chi connectivity index (χ2v) is 3.21. The van der Waals surface area contributed by atoms with Crippen molar-refractivity contribution in [1.82, 2.24) is 5.32 Å². The Hall–Kier alpha value is -1.55. The van der Waals surface area contributed by atoms with Crippen molar-refractivity contribution in [2.75, 3.05) is 26.9 Å². The summed E-state index contributed by atoms with van der Waals surface area (Å²) in [5.74, 6) is 0.677. The Bertz CT molecular complexity index is 322. The van der Waals surface area contributed by atoms with E-state index in [0.29, 0.717) is 25.3 Å². The lowest BCUT2D eigenvalue weighted by Gasteiger charge is -2.06. The van der Waals surface area contributed by atoms with Crippen LogP contribution in [0.25, 0.3) is 0 Å². The van der Waals surface area contributed by atoms with Gasteiger partial charge in [-0.05, 0) is 31.2 Å². The minimum atomic E-state index is -0.0971. The maximum Gasteiger partial charge on any atom is 0.251 e. The molecule has 4 nitrogen and oxygen atoms in total. The average Bonchev–Trinajstić information content (AvgIpc) is 2.30. The van der Waals surface area contributed by atoms with Crippen LogP contribution in [0, 0.1) is 0 Å². The molecule has 16 heavy (non-hydrogen) atoms. The standard InChI is InChI=1S/C12H17NO3/c1-3-16-11-6-4-10(5-7-11)12(14)13-8-9-15-2/h4-7H,3,8-9H2,1-2H3,(H,13,14). The Kier molecular flexibility index (Phi) is 5.36. The summed E-state index contributed by atoms with van der Waals surface area (Å²) in [4.78, 5) is 11.6. The lowest BCUT2D eigenvalue weighted by molar-refractivity contribution is 0.0937. The molecule has 88 valence electrons. The van der Waals surface area contributed by atoms with Crippen LogP contribution in [-0.4, -0.2) is 32.8 Å². The molecule has 0 heterocycles. The Balaban J connectivity index is 2.49. The third-order valence-corrected chi connectivity index (χ3v) is 2.02. The van der Waals surface area contributed by atoms with E-state index in [4.69, 9.17) is 9.47 Å². The molecule has 0 spiro atoms.